The van der Waals surface area contributed by atoms with Crippen molar-refractivity contribution in [2.45, 2.75) is 0 Å². The van der Waals surface area contributed by atoms with Crippen molar-refractivity contribution < 1.29 is 27.9 Å². The molecule has 0 bridgehead atoms. The van der Waals surface area contributed by atoms with Gasteiger partial charge < -0.3 is 19.2 Å². The highest BCUT2D eigenvalue weighted by atomic mass is 19.1. The minimum Gasteiger partial charge on any atom is -0.497 e. The summed E-state index contributed by atoms with van der Waals surface area (Å²) >= 11 is 0. The molecule has 3 aromatic carbocycles. The van der Waals surface area contributed by atoms with E-state index >= 15 is 0 Å². The molecule has 6 nitrogen and oxygen atoms in total. The normalized spacial score (nSPS) is 10.6. The third-order valence-electron chi connectivity index (χ3n) is 4.61. The number of carbonyl (C=O) groups is 2. The molecule has 0 saturated heterocycles. The van der Waals surface area contributed by atoms with Gasteiger partial charge in [-0.1, -0.05) is 24.3 Å². The number of amides is 1. The molecule has 156 valence electrons. The molecular formula is C24H18FNO5. The van der Waals surface area contributed by atoms with Gasteiger partial charge in [-0.05, 0) is 48.5 Å². The quantitative estimate of drug-likeness (QED) is 0.434. The molecule has 0 atom stereocenters. The van der Waals surface area contributed by atoms with Gasteiger partial charge in [0.2, 0.25) is 5.78 Å². The van der Waals surface area contributed by atoms with E-state index in [2.05, 4.69) is 5.32 Å². The first-order chi connectivity index (χ1) is 15.1. The van der Waals surface area contributed by atoms with E-state index in [1.54, 1.807) is 54.6 Å². The van der Waals surface area contributed by atoms with Crippen LogP contribution >= 0.6 is 0 Å². The van der Waals surface area contributed by atoms with Gasteiger partial charge in [-0.25, -0.2) is 4.39 Å². The first-order valence-electron chi connectivity index (χ1n) is 9.44. The Bertz CT molecular complexity index is 1250. The lowest BCUT2D eigenvalue weighted by Gasteiger charge is -2.09. The lowest BCUT2D eigenvalue weighted by Crippen LogP contribution is -2.21. The number of anilines is 1. The largest absolute Gasteiger partial charge is 0.497 e. The van der Waals surface area contributed by atoms with Crippen LogP contribution in [-0.4, -0.2) is 25.4 Å². The Hall–Kier alpha value is -4.13. The Labute approximate surface area is 177 Å². The maximum absolute atomic E-state index is 13.7. The zero-order valence-electron chi connectivity index (χ0n) is 16.6. The first kappa shape index (κ1) is 20.2. The highest BCUT2D eigenvalue weighted by Gasteiger charge is 2.23. The van der Waals surface area contributed by atoms with Crippen molar-refractivity contribution >= 4 is 28.3 Å². The van der Waals surface area contributed by atoms with E-state index in [9.17, 15) is 14.0 Å². The van der Waals surface area contributed by atoms with E-state index in [1.807, 2.05) is 0 Å². The van der Waals surface area contributed by atoms with Gasteiger partial charge in [-0.2, -0.15) is 0 Å². The van der Waals surface area contributed by atoms with E-state index < -0.39 is 24.1 Å². The number of ether oxygens (including phenoxy) is 2. The van der Waals surface area contributed by atoms with Crippen LogP contribution in [0.3, 0.4) is 0 Å². The molecule has 0 fully saturated rings. The van der Waals surface area contributed by atoms with Crippen molar-refractivity contribution in [2.24, 2.45) is 0 Å². The van der Waals surface area contributed by atoms with Crippen molar-refractivity contribution in [1.29, 1.82) is 0 Å². The average molecular weight is 419 g/mol. The molecule has 4 rings (SSSR count). The standard InChI is InChI=1S/C24H18FNO5/c1-29-16-12-10-15(11-13-16)23(28)24-22(17-6-2-4-8-19(17)31-24)26-21(27)14-30-20-9-5-3-7-18(20)25/h2-13H,14H2,1H3,(H,26,27). The molecule has 7 heteroatoms. The minimum absolute atomic E-state index is 0.00870. The van der Waals surface area contributed by atoms with E-state index in [0.717, 1.165) is 0 Å². The summed E-state index contributed by atoms with van der Waals surface area (Å²) in [6, 6.07) is 19.3. The number of furan rings is 1. The summed E-state index contributed by atoms with van der Waals surface area (Å²) in [7, 11) is 1.53. The topological polar surface area (TPSA) is 77.8 Å². The lowest BCUT2D eigenvalue weighted by atomic mass is 10.1. The number of hydrogen-bond donors (Lipinski definition) is 1. The number of carbonyl (C=O) groups excluding carboxylic acids is 2. The second-order valence-electron chi connectivity index (χ2n) is 6.63. The smallest absolute Gasteiger partial charge is 0.262 e. The van der Waals surface area contributed by atoms with Crippen LogP contribution in [-0.2, 0) is 4.79 Å². The van der Waals surface area contributed by atoms with Gasteiger partial charge in [0.1, 0.15) is 11.3 Å². The second-order valence-corrected chi connectivity index (χ2v) is 6.63. The Balaban J connectivity index is 1.61. The molecule has 0 aliphatic heterocycles. The maximum Gasteiger partial charge on any atom is 0.262 e. The monoisotopic (exact) mass is 419 g/mol. The van der Waals surface area contributed by atoms with Crippen LogP contribution in [0.2, 0.25) is 0 Å². The van der Waals surface area contributed by atoms with Gasteiger partial charge in [-0.3, -0.25) is 9.59 Å². The molecule has 1 aromatic heterocycles. The first-order valence-corrected chi connectivity index (χ1v) is 9.44. The third-order valence-corrected chi connectivity index (χ3v) is 4.61. The van der Waals surface area contributed by atoms with Crippen LogP contribution in [0.1, 0.15) is 16.1 Å². The SMILES string of the molecule is COc1ccc(C(=O)c2oc3ccccc3c2NC(=O)COc2ccccc2F)cc1. The highest BCUT2D eigenvalue weighted by molar-refractivity contribution is 6.17. The van der Waals surface area contributed by atoms with Crippen molar-refractivity contribution in [2.75, 3.05) is 19.0 Å². The molecular weight excluding hydrogens is 401 g/mol. The van der Waals surface area contributed by atoms with Crippen LogP contribution in [0.4, 0.5) is 10.1 Å². The third kappa shape index (κ3) is 4.25. The fraction of sp³-hybridized carbons (Fsp3) is 0.0833. The molecule has 0 spiro atoms. The number of ketones is 1. The van der Waals surface area contributed by atoms with E-state index in [0.29, 0.717) is 22.3 Å². The summed E-state index contributed by atoms with van der Waals surface area (Å²) in [6.07, 6.45) is 0. The summed E-state index contributed by atoms with van der Waals surface area (Å²) in [5, 5.41) is 3.24. The molecule has 1 N–H and O–H groups in total. The van der Waals surface area contributed by atoms with Crippen molar-refractivity contribution in [1.82, 2.24) is 0 Å². The molecule has 0 saturated carbocycles. The summed E-state index contributed by atoms with van der Waals surface area (Å²) < 4.78 is 29.8. The number of halogens is 1. The van der Waals surface area contributed by atoms with E-state index in [-0.39, 0.29) is 17.2 Å². The van der Waals surface area contributed by atoms with Gasteiger partial charge >= 0.3 is 0 Å². The molecule has 4 aromatic rings. The van der Waals surface area contributed by atoms with Gasteiger partial charge in [0.05, 0.1) is 12.8 Å². The van der Waals surface area contributed by atoms with Crippen LogP contribution in [0, 0.1) is 5.82 Å². The van der Waals surface area contributed by atoms with Crippen molar-refractivity contribution in [3.05, 3.63) is 89.9 Å². The Kier molecular flexibility index (Phi) is 5.66. The number of benzene rings is 3. The number of nitrogens with one attached hydrogen (secondary N) is 1. The zero-order valence-corrected chi connectivity index (χ0v) is 16.6. The number of fused-ring (bicyclic) bond motifs is 1. The van der Waals surface area contributed by atoms with Gasteiger partial charge in [0, 0.05) is 10.9 Å². The highest BCUT2D eigenvalue weighted by Crippen LogP contribution is 2.32. The van der Waals surface area contributed by atoms with Gasteiger partial charge in [0.25, 0.3) is 5.91 Å². The zero-order chi connectivity index (χ0) is 21.8. The molecule has 0 unspecified atom stereocenters. The molecule has 1 heterocycles. The average Bonchev–Trinajstić information content (AvgIpc) is 3.16. The van der Waals surface area contributed by atoms with Gasteiger partial charge in [0.15, 0.2) is 23.9 Å². The van der Waals surface area contributed by atoms with Crippen molar-refractivity contribution in [3.63, 3.8) is 0 Å². The Morgan fingerprint density at radius 2 is 1.68 bits per heavy atom. The predicted molar refractivity (Wildman–Crippen MR) is 113 cm³/mol. The number of para-hydroxylation sites is 2. The van der Waals surface area contributed by atoms with E-state index in [1.165, 1.54) is 25.3 Å². The summed E-state index contributed by atoms with van der Waals surface area (Å²) in [6.45, 7) is -0.434. The Morgan fingerprint density at radius 1 is 0.968 bits per heavy atom. The molecule has 31 heavy (non-hydrogen) atoms. The number of hydrogen-bond acceptors (Lipinski definition) is 5. The Morgan fingerprint density at radius 3 is 2.42 bits per heavy atom. The summed E-state index contributed by atoms with van der Waals surface area (Å²) in [5.41, 5.74) is 1.06. The number of methoxy groups -OCH3 is 1. The summed E-state index contributed by atoms with van der Waals surface area (Å²) in [5.74, 6) is -0.961. The fourth-order valence-corrected chi connectivity index (χ4v) is 3.08. The fourth-order valence-electron chi connectivity index (χ4n) is 3.08. The van der Waals surface area contributed by atoms with Crippen LogP contribution in [0.25, 0.3) is 11.0 Å². The minimum atomic E-state index is -0.570. The van der Waals surface area contributed by atoms with Crippen molar-refractivity contribution in [3.8, 4) is 11.5 Å². The van der Waals surface area contributed by atoms with Crippen LogP contribution in [0.5, 0.6) is 11.5 Å². The molecule has 0 aliphatic rings. The molecule has 0 aliphatic carbocycles. The summed E-state index contributed by atoms with van der Waals surface area (Å²) in [4.78, 5) is 25.6. The van der Waals surface area contributed by atoms with Gasteiger partial charge in [-0.15, -0.1) is 0 Å². The lowest BCUT2D eigenvalue weighted by molar-refractivity contribution is -0.118. The van der Waals surface area contributed by atoms with Crippen LogP contribution in [0.15, 0.2) is 77.2 Å². The molecule has 0 radical (unpaired) electrons. The maximum atomic E-state index is 13.7. The second kappa shape index (κ2) is 8.71. The molecule has 1 amide bonds. The van der Waals surface area contributed by atoms with Crippen LogP contribution < -0.4 is 14.8 Å². The predicted octanol–water partition coefficient (Wildman–Crippen LogP) is 4.83. The number of rotatable bonds is 7. The van der Waals surface area contributed by atoms with E-state index in [4.69, 9.17) is 13.9 Å².